The molecule has 20 heavy (non-hydrogen) atoms. The van der Waals surface area contributed by atoms with Crippen LogP contribution in [0.3, 0.4) is 0 Å². The van der Waals surface area contributed by atoms with Gasteiger partial charge in [0.15, 0.2) is 5.01 Å². The van der Waals surface area contributed by atoms with Gasteiger partial charge in [0, 0.05) is 25.4 Å². The second-order valence-electron chi connectivity index (χ2n) is 4.74. The number of amides is 1. The Morgan fingerprint density at radius 3 is 2.85 bits per heavy atom. The minimum absolute atomic E-state index is 0.192. The van der Waals surface area contributed by atoms with Gasteiger partial charge < -0.3 is 5.32 Å². The number of nitrogens with zero attached hydrogens (tertiary/aromatic N) is 3. The highest BCUT2D eigenvalue weighted by molar-refractivity contribution is 7.11. The minimum atomic E-state index is -0.257. The number of carbonyl (C=O) groups excluding carboxylic acids is 1. The molecule has 0 saturated heterocycles. The third-order valence-corrected chi connectivity index (χ3v) is 3.77. The molecule has 0 aromatic carbocycles. The molecule has 0 radical (unpaired) electrons. The number of hydrogen-bond donors (Lipinski definition) is 2. The number of aromatic nitrogens is 4. The van der Waals surface area contributed by atoms with E-state index in [4.69, 9.17) is 0 Å². The van der Waals surface area contributed by atoms with Crippen LogP contribution in [0.15, 0.2) is 10.2 Å². The molecule has 0 fully saturated rings. The van der Waals surface area contributed by atoms with E-state index in [1.165, 1.54) is 15.9 Å². The normalized spacial score (nSPS) is 11.0. The van der Waals surface area contributed by atoms with Crippen LogP contribution >= 0.6 is 11.3 Å². The van der Waals surface area contributed by atoms with Gasteiger partial charge in [0.2, 0.25) is 0 Å². The Bertz CT molecular complexity index is 655. The minimum Gasteiger partial charge on any atom is -0.350 e. The fraction of sp³-hybridized carbons (Fsp3) is 0.500. The van der Waals surface area contributed by atoms with Crippen LogP contribution in [0.4, 0.5) is 0 Å². The Balaban J connectivity index is 1.89. The van der Waals surface area contributed by atoms with E-state index in [0.717, 1.165) is 5.69 Å². The van der Waals surface area contributed by atoms with Gasteiger partial charge in [-0.2, -0.15) is 5.10 Å². The first-order valence-electron chi connectivity index (χ1n) is 6.33. The van der Waals surface area contributed by atoms with Crippen molar-refractivity contribution in [1.29, 1.82) is 0 Å². The Hall–Kier alpha value is -1.96. The van der Waals surface area contributed by atoms with Crippen LogP contribution in [0, 0.1) is 0 Å². The molecule has 2 heterocycles. The second-order valence-corrected chi connectivity index (χ2v) is 5.60. The van der Waals surface area contributed by atoms with Crippen LogP contribution < -0.4 is 11.0 Å². The summed E-state index contributed by atoms with van der Waals surface area (Å²) < 4.78 is 1.42. The van der Waals surface area contributed by atoms with E-state index in [1.54, 1.807) is 7.05 Å². The molecule has 2 aromatic heterocycles. The summed E-state index contributed by atoms with van der Waals surface area (Å²) >= 11 is 1.34. The highest BCUT2D eigenvalue weighted by atomic mass is 32.1. The third-order valence-electron chi connectivity index (χ3n) is 2.91. The summed E-state index contributed by atoms with van der Waals surface area (Å²) in [6.07, 6.45) is 0.489. The molecular weight excluding hydrogens is 278 g/mol. The quantitative estimate of drug-likeness (QED) is 0.847. The number of nitrogens with one attached hydrogen (secondary N) is 2. The lowest BCUT2D eigenvalue weighted by atomic mass is 10.2. The number of H-pyrrole nitrogens is 1. The van der Waals surface area contributed by atoms with E-state index < -0.39 is 0 Å². The third kappa shape index (κ3) is 3.13. The van der Waals surface area contributed by atoms with Crippen LogP contribution in [-0.4, -0.2) is 32.2 Å². The van der Waals surface area contributed by atoms with Crippen molar-refractivity contribution in [2.75, 3.05) is 6.54 Å². The van der Waals surface area contributed by atoms with Crippen molar-refractivity contribution >= 4 is 17.2 Å². The van der Waals surface area contributed by atoms with Gasteiger partial charge in [-0.05, 0) is 5.92 Å². The molecule has 8 heteroatoms. The molecule has 1 amide bonds. The molecule has 2 aromatic rings. The van der Waals surface area contributed by atoms with Crippen molar-refractivity contribution in [2.45, 2.75) is 26.2 Å². The number of rotatable bonds is 5. The van der Waals surface area contributed by atoms with E-state index in [9.17, 15) is 9.59 Å². The number of thiazole rings is 1. The molecule has 0 aliphatic rings. The molecule has 0 aliphatic heterocycles. The number of carbonyl (C=O) groups is 1. The first-order chi connectivity index (χ1) is 9.49. The summed E-state index contributed by atoms with van der Waals surface area (Å²) in [5, 5.41) is 11.4. The van der Waals surface area contributed by atoms with Gasteiger partial charge >= 0.3 is 5.69 Å². The summed E-state index contributed by atoms with van der Waals surface area (Å²) in [6, 6.07) is 0. The predicted molar refractivity (Wildman–Crippen MR) is 76.1 cm³/mol. The molecule has 0 unspecified atom stereocenters. The fourth-order valence-corrected chi connectivity index (χ4v) is 2.52. The molecule has 0 spiro atoms. The van der Waals surface area contributed by atoms with Crippen LogP contribution in [-0.2, 0) is 13.5 Å². The van der Waals surface area contributed by atoms with E-state index in [2.05, 4.69) is 20.5 Å². The maximum atomic E-state index is 11.9. The average molecular weight is 295 g/mol. The van der Waals surface area contributed by atoms with Crippen molar-refractivity contribution in [2.24, 2.45) is 7.05 Å². The molecule has 7 nitrogen and oxygen atoms in total. The summed E-state index contributed by atoms with van der Waals surface area (Å²) in [4.78, 5) is 27.4. The van der Waals surface area contributed by atoms with Crippen LogP contribution in [0.25, 0.3) is 0 Å². The average Bonchev–Trinajstić information content (AvgIpc) is 3.01. The Morgan fingerprint density at radius 1 is 1.55 bits per heavy atom. The van der Waals surface area contributed by atoms with E-state index >= 15 is 0 Å². The van der Waals surface area contributed by atoms with E-state index in [0.29, 0.717) is 29.7 Å². The van der Waals surface area contributed by atoms with Crippen LogP contribution in [0.5, 0.6) is 0 Å². The lowest BCUT2D eigenvalue weighted by molar-refractivity contribution is 0.0953. The summed E-state index contributed by atoms with van der Waals surface area (Å²) in [7, 11) is 1.64. The van der Waals surface area contributed by atoms with E-state index in [1.807, 2.05) is 19.2 Å². The SMILES string of the molecule is CC(C)c1csc(C(=O)NCCc2n[nH]c(=O)n2C)n1. The molecular formula is C12H17N5O2S. The monoisotopic (exact) mass is 295 g/mol. The molecule has 0 bridgehead atoms. The van der Waals surface area contributed by atoms with Gasteiger partial charge in [-0.3, -0.25) is 9.36 Å². The molecule has 108 valence electrons. The zero-order valence-corrected chi connectivity index (χ0v) is 12.5. The molecule has 0 atom stereocenters. The topological polar surface area (TPSA) is 92.7 Å². The van der Waals surface area contributed by atoms with Crippen molar-refractivity contribution in [3.05, 3.63) is 32.4 Å². The molecule has 0 saturated carbocycles. The zero-order valence-electron chi connectivity index (χ0n) is 11.6. The van der Waals surface area contributed by atoms with Crippen LogP contribution in [0.1, 0.15) is 41.1 Å². The largest absolute Gasteiger partial charge is 0.350 e. The maximum absolute atomic E-state index is 11.9. The summed E-state index contributed by atoms with van der Waals surface area (Å²) in [6.45, 7) is 4.48. The standard InChI is InChI=1S/C12H17N5O2S/c1-7(2)8-6-20-11(14-8)10(18)13-5-4-9-15-16-12(19)17(9)3/h6-7H,4-5H2,1-3H3,(H,13,18)(H,16,19). The lowest BCUT2D eigenvalue weighted by Gasteiger charge is -2.02. The number of aromatic amines is 1. The van der Waals surface area contributed by atoms with Crippen molar-refractivity contribution < 1.29 is 4.79 Å². The predicted octanol–water partition coefficient (Wildman–Crippen LogP) is 0.661. The molecule has 0 aliphatic carbocycles. The zero-order chi connectivity index (χ0) is 14.7. The van der Waals surface area contributed by atoms with Gasteiger partial charge in [0.25, 0.3) is 5.91 Å². The Kier molecular flexibility index (Phi) is 4.33. The lowest BCUT2D eigenvalue weighted by Crippen LogP contribution is -2.26. The van der Waals surface area contributed by atoms with Crippen molar-refractivity contribution in [3.63, 3.8) is 0 Å². The Labute approximate surface area is 120 Å². The highest BCUT2D eigenvalue weighted by Crippen LogP contribution is 2.17. The van der Waals surface area contributed by atoms with Gasteiger partial charge in [-0.15, -0.1) is 11.3 Å². The van der Waals surface area contributed by atoms with Gasteiger partial charge in [-0.25, -0.2) is 14.9 Å². The fourth-order valence-electron chi connectivity index (χ4n) is 1.62. The van der Waals surface area contributed by atoms with Gasteiger partial charge in [0.05, 0.1) is 5.69 Å². The first-order valence-corrected chi connectivity index (χ1v) is 7.21. The summed E-state index contributed by atoms with van der Waals surface area (Å²) in [5.41, 5.74) is 0.669. The molecule has 2 N–H and O–H groups in total. The smallest absolute Gasteiger partial charge is 0.343 e. The maximum Gasteiger partial charge on any atom is 0.343 e. The first kappa shape index (κ1) is 14.4. The van der Waals surface area contributed by atoms with Crippen molar-refractivity contribution in [1.82, 2.24) is 25.1 Å². The highest BCUT2D eigenvalue weighted by Gasteiger charge is 2.12. The summed E-state index contributed by atoms with van der Waals surface area (Å²) in [5.74, 6) is 0.728. The van der Waals surface area contributed by atoms with Gasteiger partial charge in [0.1, 0.15) is 5.82 Å². The van der Waals surface area contributed by atoms with E-state index in [-0.39, 0.29) is 11.6 Å². The van der Waals surface area contributed by atoms with Crippen molar-refractivity contribution in [3.8, 4) is 0 Å². The molecule has 2 rings (SSSR count). The van der Waals surface area contributed by atoms with Crippen LogP contribution in [0.2, 0.25) is 0 Å². The number of hydrogen-bond acceptors (Lipinski definition) is 5. The Morgan fingerprint density at radius 2 is 2.30 bits per heavy atom. The second kappa shape index (κ2) is 6.00. The van der Waals surface area contributed by atoms with Gasteiger partial charge in [-0.1, -0.05) is 13.8 Å².